The highest BCUT2D eigenvalue weighted by Crippen LogP contribution is 2.24. The number of aryl methyl sites for hydroxylation is 2. The maximum absolute atomic E-state index is 11.3. The van der Waals surface area contributed by atoms with Gasteiger partial charge < -0.3 is 19.1 Å². The van der Waals surface area contributed by atoms with Crippen LogP contribution < -0.4 is 0 Å². The molecule has 2 unspecified atom stereocenters. The van der Waals surface area contributed by atoms with Crippen molar-refractivity contribution in [3.63, 3.8) is 0 Å². The molecule has 1 N–H and O–H groups in total. The summed E-state index contributed by atoms with van der Waals surface area (Å²) >= 11 is 0. The van der Waals surface area contributed by atoms with E-state index in [9.17, 15) is 14.7 Å². The Balaban J connectivity index is 1.57. The van der Waals surface area contributed by atoms with Crippen LogP contribution in [0.2, 0.25) is 0 Å². The van der Waals surface area contributed by atoms with Gasteiger partial charge in [0.05, 0.1) is 0 Å². The van der Waals surface area contributed by atoms with Crippen molar-refractivity contribution in [2.75, 3.05) is 0 Å². The minimum absolute atomic E-state index is 0.343. The predicted molar refractivity (Wildman–Crippen MR) is 102 cm³/mol. The van der Waals surface area contributed by atoms with Crippen molar-refractivity contribution in [1.29, 1.82) is 0 Å². The van der Waals surface area contributed by atoms with Crippen molar-refractivity contribution in [1.82, 2.24) is 4.57 Å². The molecule has 1 aromatic rings. The molecule has 0 spiro atoms. The molecule has 6 nitrogen and oxygen atoms in total. The smallest absolute Gasteiger partial charge is 0.333 e. The van der Waals surface area contributed by atoms with Crippen LogP contribution in [0.1, 0.15) is 64.0 Å². The van der Waals surface area contributed by atoms with E-state index >= 15 is 0 Å². The van der Waals surface area contributed by atoms with Crippen LogP contribution in [-0.2, 0) is 32.5 Å². The molecule has 1 aliphatic rings. The maximum Gasteiger partial charge on any atom is 0.333 e. The topological polar surface area (TPSA) is 77.8 Å². The van der Waals surface area contributed by atoms with Gasteiger partial charge in [0.15, 0.2) is 0 Å². The first-order valence-electron chi connectivity index (χ1n) is 9.85. The second-order valence-corrected chi connectivity index (χ2v) is 7.16. The molecule has 2 heterocycles. The first-order chi connectivity index (χ1) is 13.0. The van der Waals surface area contributed by atoms with Crippen LogP contribution in [0.15, 0.2) is 30.0 Å². The molecule has 27 heavy (non-hydrogen) atoms. The number of nitrogens with zero attached hydrogens (tertiary/aromatic N) is 1. The average Bonchev–Trinajstić information content (AvgIpc) is 3.16. The predicted octanol–water partition coefficient (Wildman–Crippen LogP) is 3.42. The molecule has 150 valence electrons. The quantitative estimate of drug-likeness (QED) is 0.446. The van der Waals surface area contributed by atoms with Gasteiger partial charge in [0.1, 0.15) is 6.10 Å². The van der Waals surface area contributed by atoms with Crippen molar-refractivity contribution in [3.8, 4) is 0 Å². The van der Waals surface area contributed by atoms with Gasteiger partial charge in [-0.2, -0.15) is 0 Å². The summed E-state index contributed by atoms with van der Waals surface area (Å²) in [5.74, 6) is -1.02. The second-order valence-electron chi connectivity index (χ2n) is 7.16. The third kappa shape index (κ3) is 7.21. The largest absolute Gasteiger partial charge is 0.458 e. The Morgan fingerprint density at radius 2 is 1.89 bits per heavy atom. The minimum Gasteiger partial charge on any atom is -0.458 e. The molecule has 0 bridgehead atoms. The molecule has 6 heteroatoms. The minimum atomic E-state index is -1.30. The number of hydrogen-bond donors (Lipinski definition) is 1. The molecule has 0 saturated heterocycles. The SMILES string of the molecule is CC(=O)OC(CCCCCCCCCc1cccn1C)C1=CC(=O)OC1O. The lowest BCUT2D eigenvalue weighted by Gasteiger charge is -2.19. The normalized spacial score (nSPS) is 17.5. The molecular formula is C21H31NO5. The molecule has 2 atom stereocenters. The zero-order chi connectivity index (χ0) is 19.6. The number of carbonyl (C=O) groups excluding carboxylic acids is 2. The number of esters is 2. The summed E-state index contributed by atoms with van der Waals surface area (Å²) < 4.78 is 12.1. The fourth-order valence-electron chi connectivity index (χ4n) is 3.44. The monoisotopic (exact) mass is 377 g/mol. The summed E-state index contributed by atoms with van der Waals surface area (Å²) in [6, 6.07) is 4.26. The Labute approximate surface area is 161 Å². The number of carbonyl (C=O) groups is 2. The van der Waals surface area contributed by atoms with E-state index in [1.54, 1.807) is 0 Å². The van der Waals surface area contributed by atoms with Gasteiger partial charge in [-0.15, -0.1) is 0 Å². The number of aliphatic hydroxyl groups is 1. The summed E-state index contributed by atoms with van der Waals surface area (Å²) in [6.07, 6.45) is 11.1. The van der Waals surface area contributed by atoms with Crippen LogP contribution in [0, 0.1) is 0 Å². The Morgan fingerprint density at radius 1 is 1.22 bits per heavy atom. The van der Waals surface area contributed by atoms with E-state index in [1.165, 1.54) is 44.4 Å². The summed E-state index contributed by atoms with van der Waals surface area (Å²) in [6.45, 7) is 1.33. The summed E-state index contributed by atoms with van der Waals surface area (Å²) in [5, 5.41) is 9.75. The average molecular weight is 377 g/mol. The number of cyclic esters (lactones) is 1. The highest BCUT2D eigenvalue weighted by atomic mass is 16.6. The highest BCUT2D eigenvalue weighted by Gasteiger charge is 2.31. The molecule has 0 aliphatic carbocycles. The lowest BCUT2D eigenvalue weighted by atomic mass is 10.0. The van der Waals surface area contributed by atoms with Crippen molar-refractivity contribution >= 4 is 11.9 Å². The van der Waals surface area contributed by atoms with Crippen LogP contribution in [0.5, 0.6) is 0 Å². The number of hydrogen-bond acceptors (Lipinski definition) is 5. The number of ether oxygens (including phenoxy) is 2. The number of aliphatic hydroxyl groups excluding tert-OH is 1. The van der Waals surface area contributed by atoms with Gasteiger partial charge in [-0.1, -0.05) is 32.1 Å². The molecule has 2 rings (SSSR count). The van der Waals surface area contributed by atoms with E-state index in [2.05, 4.69) is 34.7 Å². The zero-order valence-electron chi connectivity index (χ0n) is 16.4. The lowest BCUT2D eigenvalue weighted by molar-refractivity contribution is -0.153. The van der Waals surface area contributed by atoms with E-state index in [-0.39, 0.29) is 0 Å². The number of rotatable bonds is 12. The first-order valence-corrected chi connectivity index (χ1v) is 9.85. The number of aromatic nitrogens is 1. The molecule has 1 aromatic heterocycles. The number of unbranched alkanes of at least 4 members (excludes halogenated alkanes) is 6. The summed E-state index contributed by atoms with van der Waals surface area (Å²) in [5.41, 5.74) is 1.73. The Hall–Kier alpha value is -2.08. The molecular weight excluding hydrogens is 346 g/mol. The standard InChI is InChI=1S/C21H31NO5/c1-16(23)26-19(18-15-20(24)27-21(18)25)13-9-7-5-3-4-6-8-11-17-12-10-14-22(17)2/h10,12,14-15,19,21,25H,3-9,11,13H2,1-2H3. The first kappa shape index (κ1) is 21.2. The molecule has 0 saturated carbocycles. The van der Waals surface area contributed by atoms with E-state index in [1.807, 2.05) is 0 Å². The Kier molecular flexibility index (Phi) is 8.58. The molecule has 1 aliphatic heterocycles. The van der Waals surface area contributed by atoms with Gasteiger partial charge in [0, 0.05) is 37.5 Å². The second kappa shape index (κ2) is 10.9. The zero-order valence-corrected chi connectivity index (χ0v) is 16.4. The van der Waals surface area contributed by atoms with E-state index in [4.69, 9.17) is 4.74 Å². The molecule has 0 amide bonds. The van der Waals surface area contributed by atoms with Crippen molar-refractivity contribution in [3.05, 3.63) is 35.7 Å². The Bertz CT molecular complexity index is 649. The van der Waals surface area contributed by atoms with Gasteiger partial charge in [0.25, 0.3) is 0 Å². The third-order valence-electron chi connectivity index (χ3n) is 4.93. The molecule has 0 aromatic carbocycles. The van der Waals surface area contributed by atoms with Gasteiger partial charge in [-0.05, 0) is 37.8 Å². The lowest BCUT2D eigenvalue weighted by Crippen LogP contribution is -2.25. The van der Waals surface area contributed by atoms with Gasteiger partial charge in [-0.25, -0.2) is 4.79 Å². The van der Waals surface area contributed by atoms with Crippen LogP contribution in [-0.4, -0.2) is 34.0 Å². The van der Waals surface area contributed by atoms with Crippen molar-refractivity contribution in [2.24, 2.45) is 7.05 Å². The van der Waals surface area contributed by atoms with Crippen LogP contribution in [0.3, 0.4) is 0 Å². The Morgan fingerprint density at radius 3 is 2.44 bits per heavy atom. The third-order valence-corrected chi connectivity index (χ3v) is 4.93. The van der Waals surface area contributed by atoms with Crippen molar-refractivity contribution in [2.45, 2.75) is 77.1 Å². The fourth-order valence-corrected chi connectivity index (χ4v) is 3.44. The van der Waals surface area contributed by atoms with Crippen LogP contribution >= 0.6 is 0 Å². The maximum atomic E-state index is 11.3. The van der Waals surface area contributed by atoms with E-state index in [0.717, 1.165) is 25.7 Å². The van der Waals surface area contributed by atoms with E-state index in [0.29, 0.717) is 12.0 Å². The fraction of sp³-hybridized carbons (Fsp3) is 0.619. The summed E-state index contributed by atoms with van der Waals surface area (Å²) in [4.78, 5) is 22.5. The molecule has 0 radical (unpaired) electrons. The van der Waals surface area contributed by atoms with Gasteiger partial charge in [-0.3, -0.25) is 4.79 Å². The summed E-state index contributed by atoms with van der Waals surface area (Å²) in [7, 11) is 2.08. The van der Waals surface area contributed by atoms with Gasteiger partial charge >= 0.3 is 11.9 Å². The van der Waals surface area contributed by atoms with Crippen LogP contribution in [0.4, 0.5) is 0 Å². The van der Waals surface area contributed by atoms with Crippen molar-refractivity contribution < 1.29 is 24.2 Å². The van der Waals surface area contributed by atoms with Gasteiger partial charge in [0.2, 0.25) is 6.29 Å². The highest BCUT2D eigenvalue weighted by molar-refractivity contribution is 5.86. The van der Waals surface area contributed by atoms with Crippen LogP contribution in [0.25, 0.3) is 0 Å². The van der Waals surface area contributed by atoms with E-state index < -0.39 is 24.3 Å². The molecule has 0 fully saturated rings.